The average Bonchev–Trinajstić information content (AvgIpc) is 3.20. The molecule has 0 spiro atoms. The summed E-state index contributed by atoms with van der Waals surface area (Å²) in [5.74, 6) is -0.0747. The van der Waals surface area contributed by atoms with Crippen LogP contribution in [0.25, 0.3) is 0 Å². The van der Waals surface area contributed by atoms with Crippen LogP contribution >= 0.6 is 0 Å². The van der Waals surface area contributed by atoms with Crippen molar-refractivity contribution in [3.63, 3.8) is 0 Å². The van der Waals surface area contributed by atoms with Crippen molar-refractivity contribution in [2.24, 2.45) is 11.7 Å². The van der Waals surface area contributed by atoms with E-state index in [1.54, 1.807) is 0 Å². The Hall–Kier alpha value is -0.610. The van der Waals surface area contributed by atoms with Gasteiger partial charge in [-0.3, -0.25) is 0 Å². The van der Waals surface area contributed by atoms with Crippen LogP contribution in [0.15, 0.2) is 0 Å². The van der Waals surface area contributed by atoms with Crippen LogP contribution in [-0.2, 0) is 14.3 Å². The van der Waals surface area contributed by atoms with E-state index in [-0.39, 0.29) is 18.0 Å². The fraction of sp³-hybridized carbons (Fsp3) is 0.923. The standard InChI is InChI=1S/C13H23NO3/c1-16-12(15)13(14,10-7-8-10)9-17-11-5-3-2-4-6-11/h10-11H,2-9,14H2,1H3. The SMILES string of the molecule is COC(=O)C(N)(COC1CCCCC1)C1CC1. The van der Waals surface area contributed by atoms with Gasteiger partial charge in [-0.05, 0) is 31.6 Å². The number of carbonyl (C=O) groups excluding carboxylic acids is 1. The molecule has 0 aliphatic heterocycles. The van der Waals surface area contributed by atoms with Crippen LogP contribution in [0.4, 0.5) is 0 Å². The van der Waals surface area contributed by atoms with E-state index < -0.39 is 5.54 Å². The van der Waals surface area contributed by atoms with Crippen LogP contribution in [0.3, 0.4) is 0 Å². The van der Waals surface area contributed by atoms with Crippen molar-refractivity contribution in [1.82, 2.24) is 0 Å². The molecule has 0 aromatic rings. The summed E-state index contributed by atoms with van der Waals surface area (Å²) < 4.78 is 10.7. The molecule has 0 amide bonds. The molecule has 1 unspecified atom stereocenters. The van der Waals surface area contributed by atoms with Gasteiger partial charge in [0.2, 0.25) is 0 Å². The first-order valence-electron chi connectivity index (χ1n) is 6.65. The Kier molecular flexibility index (Phi) is 4.05. The second-order valence-corrected chi connectivity index (χ2v) is 5.38. The van der Waals surface area contributed by atoms with Gasteiger partial charge in [0.1, 0.15) is 5.54 Å². The lowest BCUT2D eigenvalue weighted by molar-refractivity contribution is -0.152. The van der Waals surface area contributed by atoms with E-state index in [0.717, 1.165) is 25.7 Å². The molecule has 0 heterocycles. The lowest BCUT2D eigenvalue weighted by Crippen LogP contribution is -2.55. The predicted molar refractivity (Wildman–Crippen MR) is 64.5 cm³/mol. The Labute approximate surface area is 103 Å². The zero-order valence-corrected chi connectivity index (χ0v) is 10.6. The maximum atomic E-state index is 11.8. The molecule has 0 aromatic heterocycles. The molecule has 17 heavy (non-hydrogen) atoms. The third-order valence-corrected chi connectivity index (χ3v) is 3.98. The number of hydrogen-bond donors (Lipinski definition) is 1. The average molecular weight is 241 g/mol. The maximum absolute atomic E-state index is 11.8. The molecule has 2 aliphatic rings. The van der Waals surface area contributed by atoms with E-state index in [9.17, 15) is 4.79 Å². The van der Waals surface area contributed by atoms with Gasteiger partial charge in [-0.2, -0.15) is 0 Å². The number of nitrogens with two attached hydrogens (primary N) is 1. The first kappa shape index (κ1) is 12.8. The highest BCUT2D eigenvalue weighted by molar-refractivity contribution is 5.81. The van der Waals surface area contributed by atoms with E-state index in [1.165, 1.54) is 26.4 Å². The second-order valence-electron chi connectivity index (χ2n) is 5.38. The fourth-order valence-corrected chi connectivity index (χ4v) is 2.62. The molecule has 1 atom stereocenters. The van der Waals surface area contributed by atoms with Crippen LogP contribution < -0.4 is 5.73 Å². The molecule has 0 radical (unpaired) electrons. The topological polar surface area (TPSA) is 61.5 Å². The van der Waals surface area contributed by atoms with Crippen LogP contribution in [0.5, 0.6) is 0 Å². The van der Waals surface area contributed by atoms with Crippen LogP contribution in [-0.4, -0.2) is 31.3 Å². The molecule has 0 bridgehead atoms. The summed E-state index contributed by atoms with van der Waals surface area (Å²) in [5.41, 5.74) is 5.26. The normalized spacial score (nSPS) is 25.3. The van der Waals surface area contributed by atoms with Gasteiger partial charge >= 0.3 is 5.97 Å². The van der Waals surface area contributed by atoms with Crippen molar-refractivity contribution in [3.8, 4) is 0 Å². The van der Waals surface area contributed by atoms with Crippen molar-refractivity contribution < 1.29 is 14.3 Å². The first-order valence-corrected chi connectivity index (χ1v) is 6.65. The number of ether oxygens (including phenoxy) is 2. The minimum atomic E-state index is -0.911. The zero-order valence-electron chi connectivity index (χ0n) is 10.6. The lowest BCUT2D eigenvalue weighted by atomic mass is 9.94. The molecule has 2 rings (SSSR count). The molecule has 4 nitrogen and oxygen atoms in total. The van der Waals surface area contributed by atoms with Crippen LogP contribution in [0, 0.1) is 5.92 Å². The Morgan fingerprint density at radius 3 is 2.41 bits per heavy atom. The van der Waals surface area contributed by atoms with Gasteiger partial charge in [0.15, 0.2) is 0 Å². The third kappa shape index (κ3) is 2.99. The second kappa shape index (κ2) is 5.36. The monoisotopic (exact) mass is 241 g/mol. The van der Waals surface area contributed by atoms with Crippen molar-refractivity contribution in [2.45, 2.75) is 56.6 Å². The largest absolute Gasteiger partial charge is 0.468 e. The van der Waals surface area contributed by atoms with Crippen LogP contribution in [0.2, 0.25) is 0 Å². The molecule has 4 heteroatoms. The fourth-order valence-electron chi connectivity index (χ4n) is 2.62. The van der Waals surface area contributed by atoms with Crippen molar-refractivity contribution in [3.05, 3.63) is 0 Å². The maximum Gasteiger partial charge on any atom is 0.328 e. The molecule has 2 N–H and O–H groups in total. The molecular formula is C13H23NO3. The Morgan fingerprint density at radius 2 is 1.88 bits per heavy atom. The summed E-state index contributed by atoms with van der Waals surface area (Å²) in [4.78, 5) is 11.8. The highest BCUT2D eigenvalue weighted by Crippen LogP contribution is 2.39. The van der Waals surface area contributed by atoms with Gasteiger partial charge in [0.25, 0.3) is 0 Å². The number of rotatable bonds is 5. The predicted octanol–water partition coefficient (Wildman–Crippen LogP) is 1.62. The van der Waals surface area contributed by atoms with Gasteiger partial charge in [0.05, 0.1) is 19.8 Å². The molecule has 98 valence electrons. The molecular weight excluding hydrogens is 218 g/mol. The van der Waals surface area contributed by atoms with Crippen molar-refractivity contribution in [1.29, 1.82) is 0 Å². The summed E-state index contributed by atoms with van der Waals surface area (Å²) in [6.07, 6.45) is 8.26. The van der Waals surface area contributed by atoms with Gasteiger partial charge in [-0.25, -0.2) is 4.79 Å². The summed E-state index contributed by atoms with van der Waals surface area (Å²) >= 11 is 0. The van der Waals surface area contributed by atoms with E-state index in [1.807, 2.05) is 0 Å². The van der Waals surface area contributed by atoms with E-state index >= 15 is 0 Å². The van der Waals surface area contributed by atoms with E-state index in [0.29, 0.717) is 6.61 Å². The first-order chi connectivity index (χ1) is 8.16. The number of esters is 1. The molecule has 2 saturated carbocycles. The minimum absolute atomic E-state index is 0.249. The molecule has 0 aromatic carbocycles. The minimum Gasteiger partial charge on any atom is -0.468 e. The molecule has 2 fully saturated rings. The van der Waals surface area contributed by atoms with Crippen molar-refractivity contribution >= 4 is 5.97 Å². The smallest absolute Gasteiger partial charge is 0.328 e. The van der Waals surface area contributed by atoms with Gasteiger partial charge in [-0.15, -0.1) is 0 Å². The van der Waals surface area contributed by atoms with Gasteiger partial charge in [0, 0.05) is 0 Å². The quantitative estimate of drug-likeness (QED) is 0.743. The van der Waals surface area contributed by atoms with Crippen molar-refractivity contribution in [2.75, 3.05) is 13.7 Å². The van der Waals surface area contributed by atoms with E-state index in [4.69, 9.17) is 15.2 Å². The molecule has 0 saturated heterocycles. The Balaban J connectivity index is 1.86. The number of carbonyl (C=O) groups is 1. The third-order valence-electron chi connectivity index (χ3n) is 3.98. The Bertz CT molecular complexity index is 272. The van der Waals surface area contributed by atoms with Gasteiger partial charge in [-0.1, -0.05) is 19.3 Å². The Morgan fingerprint density at radius 1 is 1.24 bits per heavy atom. The zero-order chi connectivity index (χ0) is 12.3. The number of methoxy groups -OCH3 is 1. The lowest BCUT2D eigenvalue weighted by Gasteiger charge is -2.30. The summed E-state index contributed by atoms with van der Waals surface area (Å²) in [6, 6.07) is 0. The highest BCUT2D eigenvalue weighted by atomic mass is 16.5. The summed E-state index contributed by atoms with van der Waals surface area (Å²) in [5, 5.41) is 0. The van der Waals surface area contributed by atoms with E-state index in [2.05, 4.69) is 0 Å². The van der Waals surface area contributed by atoms with Crippen LogP contribution in [0.1, 0.15) is 44.9 Å². The molecule has 2 aliphatic carbocycles. The summed E-state index contributed by atoms with van der Waals surface area (Å²) in [6.45, 7) is 0.314. The summed E-state index contributed by atoms with van der Waals surface area (Å²) in [7, 11) is 1.40. The number of hydrogen-bond acceptors (Lipinski definition) is 4. The highest BCUT2D eigenvalue weighted by Gasteiger charge is 2.49. The van der Waals surface area contributed by atoms with Gasteiger partial charge < -0.3 is 15.2 Å².